The van der Waals surface area contributed by atoms with Crippen molar-refractivity contribution in [3.63, 3.8) is 0 Å². The molecule has 5 nitrogen and oxygen atoms in total. The Morgan fingerprint density at radius 2 is 1.77 bits per heavy atom. The number of carbonyl (C=O) groups is 1. The van der Waals surface area contributed by atoms with Crippen molar-refractivity contribution >= 4 is 40.3 Å². The maximum Gasteiger partial charge on any atom is 0.266 e. The van der Waals surface area contributed by atoms with Crippen molar-refractivity contribution in [2.75, 3.05) is 26.9 Å². The van der Waals surface area contributed by atoms with E-state index >= 15 is 0 Å². The van der Waals surface area contributed by atoms with Gasteiger partial charge in [-0.2, -0.15) is 0 Å². The fraction of sp³-hybridized carbons (Fsp3) is 0.333. The SMILES string of the molecule is CCN1C(=O)/C(=C/c2cccc(OC)c2OCCCOc2cccc(C)c2C)SC1=S. The largest absolute Gasteiger partial charge is 0.493 e. The van der Waals surface area contributed by atoms with E-state index in [0.29, 0.717) is 46.9 Å². The Hall–Kier alpha value is -2.51. The van der Waals surface area contributed by atoms with Crippen LogP contribution in [0.2, 0.25) is 0 Å². The molecule has 164 valence electrons. The van der Waals surface area contributed by atoms with E-state index < -0.39 is 0 Å². The summed E-state index contributed by atoms with van der Waals surface area (Å²) in [6.07, 6.45) is 2.53. The molecule has 1 heterocycles. The van der Waals surface area contributed by atoms with Gasteiger partial charge >= 0.3 is 0 Å². The molecule has 0 N–H and O–H groups in total. The average molecular weight is 458 g/mol. The predicted molar refractivity (Wildman–Crippen MR) is 130 cm³/mol. The Labute approximate surface area is 193 Å². The summed E-state index contributed by atoms with van der Waals surface area (Å²) < 4.78 is 18.0. The first kappa shape index (κ1) is 23.2. The number of benzene rings is 2. The molecular formula is C24H27NO4S2. The molecule has 0 bridgehead atoms. The van der Waals surface area contributed by atoms with Gasteiger partial charge < -0.3 is 14.2 Å². The van der Waals surface area contributed by atoms with Crippen molar-refractivity contribution in [1.82, 2.24) is 4.90 Å². The molecule has 0 aromatic heterocycles. The summed E-state index contributed by atoms with van der Waals surface area (Å²) in [5, 5.41) is 0. The van der Waals surface area contributed by atoms with E-state index in [9.17, 15) is 4.79 Å². The number of likely N-dealkylation sites (N-methyl/N-ethyl adjacent to an activating group) is 1. The highest BCUT2D eigenvalue weighted by Crippen LogP contribution is 2.37. The summed E-state index contributed by atoms with van der Waals surface area (Å²) in [6, 6.07) is 11.7. The van der Waals surface area contributed by atoms with Gasteiger partial charge in [-0.3, -0.25) is 9.69 Å². The summed E-state index contributed by atoms with van der Waals surface area (Å²) >= 11 is 6.61. The van der Waals surface area contributed by atoms with Crippen LogP contribution in [-0.2, 0) is 4.79 Å². The number of hydrogen-bond acceptors (Lipinski definition) is 6. The van der Waals surface area contributed by atoms with E-state index in [1.807, 2.05) is 43.3 Å². The van der Waals surface area contributed by atoms with Crippen LogP contribution in [0.15, 0.2) is 41.3 Å². The van der Waals surface area contributed by atoms with Crippen molar-refractivity contribution in [2.45, 2.75) is 27.2 Å². The first-order chi connectivity index (χ1) is 15.0. The van der Waals surface area contributed by atoms with Crippen LogP contribution in [0.4, 0.5) is 0 Å². The molecular weight excluding hydrogens is 430 g/mol. The molecule has 0 aliphatic carbocycles. The molecule has 0 atom stereocenters. The molecule has 0 radical (unpaired) electrons. The number of methoxy groups -OCH3 is 1. The lowest BCUT2D eigenvalue weighted by molar-refractivity contribution is -0.121. The fourth-order valence-corrected chi connectivity index (χ4v) is 4.55. The van der Waals surface area contributed by atoms with Gasteiger partial charge in [0.05, 0.1) is 25.2 Å². The zero-order valence-electron chi connectivity index (χ0n) is 18.3. The summed E-state index contributed by atoms with van der Waals surface area (Å²) in [5.41, 5.74) is 3.15. The zero-order chi connectivity index (χ0) is 22.4. The third kappa shape index (κ3) is 5.40. The van der Waals surface area contributed by atoms with Gasteiger partial charge in [-0.1, -0.05) is 48.2 Å². The van der Waals surface area contributed by atoms with Crippen molar-refractivity contribution in [2.24, 2.45) is 0 Å². The van der Waals surface area contributed by atoms with E-state index in [0.717, 1.165) is 16.9 Å². The monoisotopic (exact) mass is 457 g/mol. The smallest absolute Gasteiger partial charge is 0.266 e. The van der Waals surface area contributed by atoms with Crippen LogP contribution in [0.5, 0.6) is 17.2 Å². The number of carbonyl (C=O) groups excluding carboxylic acids is 1. The number of hydrogen-bond donors (Lipinski definition) is 0. The van der Waals surface area contributed by atoms with E-state index in [4.69, 9.17) is 26.4 Å². The molecule has 1 saturated heterocycles. The number of nitrogens with zero attached hydrogens (tertiary/aromatic N) is 1. The molecule has 3 rings (SSSR count). The number of thiocarbonyl (C=S) groups is 1. The van der Waals surface area contributed by atoms with Crippen LogP contribution < -0.4 is 14.2 Å². The lowest BCUT2D eigenvalue weighted by Crippen LogP contribution is -2.27. The van der Waals surface area contributed by atoms with Crippen LogP contribution in [-0.4, -0.2) is 42.0 Å². The lowest BCUT2D eigenvalue weighted by atomic mass is 10.1. The summed E-state index contributed by atoms with van der Waals surface area (Å²) in [6.45, 7) is 7.61. The minimum absolute atomic E-state index is 0.0757. The number of rotatable bonds is 9. The van der Waals surface area contributed by atoms with E-state index in [-0.39, 0.29) is 5.91 Å². The summed E-state index contributed by atoms with van der Waals surface area (Å²) in [5.74, 6) is 2.05. The summed E-state index contributed by atoms with van der Waals surface area (Å²) in [4.78, 5) is 14.7. The van der Waals surface area contributed by atoms with E-state index in [1.54, 1.807) is 12.0 Å². The molecule has 2 aromatic carbocycles. The topological polar surface area (TPSA) is 48.0 Å². The first-order valence-electron chi connectivity index (χ1n) is 10.2. The molecule has 1 fully saturated rings. The molecule has 0 saturated carbocycles. The predicted octanol–water partition coefficient (Wildman–Crippen LogP) is 5.38. The second kappa shape index (κ2) is 10.7. The average Bonchev–Trinajstić information content (AvgIpc) is 3.03. The molecule has 1 aliphatic heterocycles. The molecule has 31 heavy (non-hydrogen) atoms. The third-order valence-corrected chi connectivity index (χ3v) is 6.43. The van der Waals surface area contributed by atoms with Gasteiger partial charge in [-0.05, 0) is 50.1 Å². The molecule has 0 spiro atoms. The van der Waals surface area contributed by atoms with Crippen molar-refractivity contribution in [3.05, 3.63) is 58.0 Å². The second-order valence-electron chi connectivity index (χ2n) is 7.05. The molecule has 0 unspecified atom stereocenters. The van der Waals surface area contributed by atoms with E-state index in [2.05, 4.69) is 19.9 Å². The molecule has 1 amide bonds. The highest BCUT2D eigenvalue weighted by atomic mass is 32.2. The minimum Gasteiger partial charge on any atom is -0.493 e. The highest BCUT2D eigenvalue weighted by molar-refractivity contribution is 8.26. The van der Waals surface area contributed by atoms with Crippen LogP contribution in [0.25, 0.3) is 6.08 Å². The van der Waals surface area contributed by atoms with Crippen LogP contribution in [0.1, 0.15) is 30.0 Å². The van der Waals surface area contributed by atoms with Crippen molar-refractivity contribution < 1.29 is 19.0 Å². The Bertz CT molecular complexity index is 1000. The second-order valence-corrected chi connectivity index (χ2v) is 8.73. The van der Waals surface area contributed by atoms with Crippen LogP contribution in [0.3, 0.4) is 0 Å². The number of thioether (sulfide) groups is 1. The van der Waals surface area contributed by atoms with Crippen LogP contribution >= 0.6 is 24.0 Å². The molecule has 1 aliphatic rings. The maximum atomic E-state index is 12.6. The number of ether oxygens (including phenoxy) is 3. The van der Waals surface area contributed by atoms with Crippen molar-refractivity contribution in [3.8, 4) is 17.2 Å². The van der Waals surface area contributed by atoms with Gasteiger partial charge in [0.2, 0.25) is 0 Å². The van der Waals surface area contributed by atoms with Gasteiger partial charge in [0.25, 0.3) is 5.91 Å². The van der Waals surface area contributed by atoms with Gasteiger partial charge in [0.15, 0.2) is 11.5 Å². The number of amides is 1. The Balaban J connectivity index is 1.67. The maximum absolute atomic E-state index is 12.6. The summed E-state index contributed by atoms with van der Waals surface area (Å²) in [7, 11) is 1.60. The molecule has 7 heteroatoms. The minimum atomic E-state index is -0.0757. The third-order valence-electron chi connectivity index (χ3n) is 5.05. The fourth-order valence-electron chi connectivity index (χ4n) is 3.17. The Morgan fingerprint density at radius 1 is 1.06 bits per heavy atom. The molecule has 2 aromatic rings. The van der Waals surface area contributed by atoms with Crippen LogP contribution in [0, 0.1) is 13.8 Å². The lowest BCUT2D eigenvalue weighted by Gasteiger charge is -2.15. The van der Waals surface area contributed by atoms with Gasteiger partial charge in [0, 0.05) is 18.5 Å². The Morgan fingerprint density at radius 3 is 2.48 bits per heavy atom. The van der Waals surface area contributed by atoms with Gasteiger partial charge in [-0.15, -0.1) is 0 Å². The van der Waals surface area contributed by atoms with E-state index in [1.165, 1.54) is 17.3 Å². The van der Waals surface area contributed by atoms with Crippen molar-refractivity contribution in [1.29, 1.82) is 0 Å². The first-order valence-corrected chi connectivity index (χ1v) is 11.4. The standard InChI is InChI=1S/C24H27NO4S2/c1-5-25-23(26)21(31-24(25)30)15-18-10-7-12-20(27-4)22(18)29-14-8-13-28-19-11-6-9-16(2)17(19)3/h6-7,9-12,15H,5,8,13-14H2,1-4H3/b21-15-. The van der Waals surface area contributed by atoms with Gasteiger partial charge in [-0.25, -0.2) is 0 Å². The quantitative estimate of drug-likeness (QED) is 0.286. The normalized spacial score (nSPS) is 15.0. The zero-order valence-corrected chi connectivity index (χ0v) is 19.9. The Kier molecular flexibility index (Phi) is 7.98. The highest BCUT2D eigenvalue weighted by Gasteiger charge is 2.31. The number of aryl methyl sites for hydroxylation is 1. The number of para-hydroxylation sites is 1. The van der Waals surface area contributed by atoms with Gasteiger partial charge in [0.1, 0.15) is 10.1 Å².